The Morgan fingerprint density at radius 2 is 2.00 bits per heavy atom. The van der Waals surface area contributed by atoms with Crippen molar-refractivity contribution in [2.75, 3.05) is 13.1 Å². The van der Waals surface area contributed by atoms with Gasteiger partial charge in [-0.3, -0.25) is 4.79 Å². The van der Waals surface area contributed by atoms with Crippen molar-refractivity contribution in [3.05, 3.63) is 41.9 Å². The first-order valence-electron chi connectivity index (χ1n) is 9.60. The van der Waals surface area contributed by atoms with E-state index in [0.717, 1.165) is 12.1 Å². The molecule has 0 bridgehead atoms. The minimum absolute atomic E-state index is 0.0921. The SMILES string of the molecule is CC(C)c1noc(-c2cn(C3CCN(C(=O)c4ccc(OC(F)(F)F)cc4)C3)nn2)n1. The van der Waals surface area contributed by atoms with Crippen LogP contribution in [0.4, 0.5) is 13.2 Å². The van der Waals surface area contributed by atoms with E-state index in [1.807, 2.05) is 13.8 Å². The number of rotatable bonds is 5. The molecule has 1 unspecified atom stereocenters. The lowest BCUT2D eigenvalue weighted by Gasteiger charge is -2.17. The summed E-state index contributed by atoms with van der Waals surface area (Å²) in [4.78, 5) is 18.6. The van der Waals surface area contributed by atoms with Gasteiger partial charge < -0.3 is 14.2 Å². The van der Waals surface area contributed by atoms with Crippen molar-refractivity contribution in [1.29, 1.82) is 0 Å². The highest BCUT2D eigenvalue weighted by molar-refractivity contribution is 5.94. The number of amides is 1. The van der Waals surface area contributed by atoms with Gasteiger partial charge in [-0.2, -0.15) is 4.98 Å². The predicted octanol–water partition coefficient (Wildman–Crippen LogP) is 3.44. The molecular formula is C19H19F3N6O3. The summed E-state index contributed by atoms with van der Waals surface area (Å²) >= 11 is 0. The molecule has 9 nitrogen and oxygen atoms in total. The molecule has 0 aliphatic carbocycles. The molecule has 4 rings (SSSR count). The Balaban J connectivity index is 1.40. The summed E-state index contributed by atoms with van der Waals surface area (Å²) in [6, 6.07) is 4.77. The third kappa shape index (κ3) is 4.67. The van der Waals surface area contributed by atoms with Crippen molar-refractivity contribution >= 4 is 5.91 Å². The Morgan fingerprint density at radius 1 is 1.26 bits per heavy atom. The molecule has 164 valence electrons. The first kappa shape index (κ1) is 20.8. The number of aromatic nitrogens is 5. The van der Waals surface area contributed by atoms with Crippen LogP contribution in [0.2, 0.25) is 0 Å². The molecule has 0 saturated carbocycles. The number of halogens is 3. The van der Waals surface area contributed by atoms with Gasteiger partial charge in [0.15, 0.2) is 11.5 Å². The van der Waals surface area contributed by atoms with Gasteiger partial charge in [0.05, 0.1) is 12.2 Å². The van der Waals surface area contributed by atoms with Gasteiger partial charge in [0, 0.05) is 24.6 Å². The average molecular weight is 436 g/mol. The van der Waals surface area contributed by atoms with Gasteiger partial charge in [0.25, 0.3) is 11.8 Å². The molecule has 1 saturated heterocycles. The second kappa shape index (κ2) is 8.00. The molecule has 1 aromatic carbocycles. The van der Waals surface area contributed by atoms with E-state index in [4.69, 9.17) is 4.52 Å². The standard InChI is InChI=1S/C19H19F3N6O3/c1-11(2)16-23-17(31-25-16)15-10-28(26-24-15)13-7-8-27(9-13)18(29)12-3-5-14(6-4-12)30-19(20,21)22/h3-6,10-11,13H,7-9H2,1-2H3. The molecule has 1 aliphatic heterocycles. The molecule has 1 amide bonds. The normalized spacial score (nSPS) is 16.8. The Hall–Kier alpha value is -3.44. The highest BCUT2D eigenvalue weighted by Crippen LogP contribution is 2.26. The van der Waals surface area contributed by atoms with Crippen LogP contribution in [-0.2, 0) is 0 Å². The number of ether oxygens (including phenoxy) is 1. The van der Waals surface area contributed by atoms with E-state index >= 15 is 0 Å². The third-order valence-electron chi connectivity index (χ3n) is 4.85. The van der Waals surface area contributed by atoms with Crippen molar-refractivity contribution in [2.45, 2.75) is 38.6 Å². The van der Waals surface area contributed by atoms with Crippen LogP contribution >= 0.6 is 0 Å². The van der Waals surface area contributed by atoms with Gasteiger partial charge in [-0.05, 0) is 30.7 Å². The van der Waals surface area contributed by atoms with Gasteiger partial charge in [-0.15, -0.1) is 18.3 Å². The molecule has 3 aromatic rings. The lowest BCUT2D eigenvalue weighted by Crippen LogP contribution is -2.29. The van der Waals surface area contributed by atoms with Crippen molar-refractivity contribution in [3.63, 3.8) is 0 Å². The third-order valence-corrected chi connectivity index (χ3v) is 4.85. The quantitative estimate of drug-likeness (QED) is 0.604. The van der Waals surface area contributed by atoms with E-state index in [-0.39, 0.29) is 35.1 Å². The van der Waals surface area contributed by atoms with Gasteiger partial charge >= 0.3 is 6.36 Å². The molecular weight excluding hydrogens is 417 g/mol. The summed E-state index contributed by atoms with van der Waals surface area (Å²) in [5.74, 6) is 0.326. The molecule has 0 N–H and O–H groups in total. The molecule has 0 spiro atoms. The van der Waals surface area contributed by atoms with Crippen molar-refractivity contribution in [1.82, 2.24) is 30.0 Å². The predicted molar refractivity (Wildman–Crippen MR) is 100 cm³/mol. The molecule has 12 heteroatoms. The second-order valence-electron chi connectivity index (χ2n) is 7.46. The van der Waals surface area contributed by atoms with E-state index in [1.54, 1.807) is 15.8 Å². The van der Waals surface area contributed by atoms with Crippen LogP contribution in [0.5, 0.6) is 5.75 Å². The van der Waals surface area contributed by atoms with Crippen molar-refractivity contribution in [2.24, 2.45) is 0 Å². The summed E-state index contributed by atoms with van der Waals surface area (Å²) in [5.41, 5.74) is 0.728. The Bertz CT molecular complexity index is 1060. The van der Waals surface area contributed by atoms with Gasteiger partial charge in [-0.25, -0.2) is 4.68 Å². The van der Waals surface area contributed by atoms with Crippen LogP contribution < -0.4 is 4.74 Å². The van der Waals surface area contributed by atoms with Crippen LogP contribution in [0.3, 0.4) is 0 Å². The van der Waals surface area contributed by atoms with Crippen LogP contribution in [0.15, 0.2) is 35.0 Å². The molecule has 1 aliphatic rings. The lowest BCUT2D eigenvalue weighted by atomic mass is 10.2. The summed E-state index contributed by atoms with van der Waals surface area (Å²) in [6.07, 6.45) is -2.42. The fraction of sp³-hybridized carbons (Fsp3) is 0.421. The number of nitrogens with zero attached hydrogens (tertiary/aromatic N) is 6. The largest absolute Gasteiger partial charge is 0.573 e. The highest BCUT2D eigenvalue weighted by Gasteiger charge is 2.32. The van der Waals surface area contributed by atoms with E-state index in [9.17, 15) is 18.0 Å². The highest BCUT2D eigenvalue weighted by atomic mass is 19.4. The molecule has 1 fully saturated rings. The zero-order chi connectivity index (χ0) is 22.2. The van der Waals surface area contributed by atoms with E-state index in [0.29, 0.717) is 31.0 Å². The van der Waals surface area contributed by atoms with Crippen LogP contribution in [0.25, 0.3) is 11.6 Å². The van der Waals surface area contributed by atoms with Crippen LogP contribution in [0.1, 0.15) is 48.4 Å². The minimum atomic E-state index is -4.78. The maximum absolute atomic E-state index is 12.7. The Morgan fingerprint density at radius 3 is 2.65 bits per heavy atom. The zero-order valence-corrected chi connectivity index (χ0v) is 16.7. The minimum Gasteiger partial charge on any atom is -0.406 e. The van der Waals surface area contributed by atoms with Gasteiger partial charge in [0.1, 0.15) is 5.75 Å². The fourth-order valence-electron chi connectivity index (χ4n) is 3.25. The number of likely N-dealkylation sites (tertiary alicyclic amines) is 1. The number of hydrogen-bond acceptors (Lipinski definition) is 7. The van der Waals surface area contributed by atoms with Crippen LogP contribution in [0, 0.1) is 0 Å². The smallest absolute Gasteiger partial charge is 0.406 e. The monoisotopic (exact) mass is 436 g/mol. The summed E-state index contributed by atoms with van der Waals surface area (Å²) in [5, 5.41) is 12.1. The van der Waals surface area contributed by atoms with Gasteiger partial charge in [0.2, 0.25) is 0 Å². The van der Waals surface area contributed by atoms with E-state index in [2.05, 4.69) is 25.2 Å². The molecule has 2 aromatic heterocycles. The Labute approximate surface area is 174 Å². The number of carbonyl (C=O) groups is 1. The van der Waals surface area contributed by atoms with E-state index in [1.165, 1.54) is 12.1 Å². The first-order chi connectivity index (χ1) is 14.7. The van der Waals surface area contributed by atoms with Crippen molar-refractivity contribution in [3.8, 4) is 17.3 Å². The number of hydrogen-bond donors (Lipinski definition) is 0. The molecule has 31 heavy (non-hydrogen) atoms. The Kier molecular flexibility index (Phi) is 5.38. The topological polar surface area (TPSA) is 99.2 Å². The molecule has 3 heterocycles. The van der Waals surface area contributed by atoms with Crippen LogP contribution in [-0.4, -0.2) is 55.4 Å². The van der Waals surface area contributed by atoms with Crippen molar-refractivity contribution < 1.29 is 27.2 Å². The molecule has 1 atom stereocenters. The molecule has 0 radical (unpaired) electrons. The first-order valence-corrected chi connectivity index (χ1v) is 9.60. The maximum atomic E-state index is 12.7. The fourth-order valence-corrected chi connectivity index (χ4v) is 3.25. The maximum Gasteiger partial charge on any atom is 0.573 e. The lowest BCUT2D eigenvalue weighted by molar-refractivity contribution is -0.274. The second-order valence-corrected chi connectivity index (χ2v) is 7.46. The zero-order valence-electron chi connectivity index (χ0n) is 16.7. The van der Waals surface area contributed by atoms with Gasteiger partial charge in [-0.1, -0.05) is 24.2 Å². The average Bonchev–Trinajstić information content (AvgIpc) is 3.45. The number of benzene rings is 1. The summed E-state index contributed by atoms with van der Waals surface area (Å²) in [7, 11) is 0. The number of carbonyl (C=O) groups excluding carboxylic acids is 1. The summed E-state index contributed by atoms with van der Waals surface area (Å²) < 4.78 is 47.5. The summed E-state index contributed by atoms with van der Waals surface area (Å²) in [6.45, 7) is 4.78. The number of alkyl halides is 3. The van der Waals surface area contributed by atoms with E-state index < -0.39 is 6.36 Å².